The summed E-state index contributed by atoms with van der Waals surface area (Å²) >= 11 is 0. The highest BCUT2D eigenvalue weighted by Gasteiger charge is 2.69. The summed E-state index contributed by atoms with van der Waals surface area (Å²) in [5.74, 6) is 0.519. The van der Waals surface area contributed by atoms with Crippen molar-refractivity contribution >= 4 is 5.97 Å². The Kier molecular flexibility index (Phi) is 3.34. The summed E-state index contributed by atoms with van der Waals surface area (Å²) in [5, 5.41) is 0. The van der Waals surface area contributed by atoms with Gasteiger partial charge in [0.1, 0.15) is 0 Å². The molecular weight excluding hydrogens is 284 g/mol. The quantitative estimate of drug-likeness (QED) is 0.579. The molecule has 22 heavy (non-hydrogen) atoms. The zero-order valence-corrected chi connectivity index (χ0v) is 13.7. The number of ether oxygens (including phenoxy) is 2. The second-order valence-corrected chi connectivity index (χ2v) is 8.07. The number of carbonyl (C=O) groups is 1. The molecule has 0 amide bonds. The second-order valence-electron chi connectivity index (χ2n) is 8.07. The van der Waals surface area contributed by atoms with Gasteiger partial charge in [-0.05, 0) is 31.1 Å². The Balaban J connectivity index is 1.74. The van der Waals surface area contributed by atoms with Crippen LogP contribution in [0.2, 0.25) is 0 Å². The van der Waals surface area contributed by atoms with Gasteiger partial charge in [-0.2, -0.15) is 0 Å². The van der Waals surface area contributed by atoms with Gasteiger partial charge in [0.25, 0.3) is 0 Å². The summed E-state index contributed by atoms with van der Waals surface area (Å²) < 4.78 is 11.9. The topological polar surface area (TPSA) is 54.0 Å². The van der Waals surface area contributed by atoms with Crippen molar-refractivity contribution in [3.05, 3.63) is 0 Å². The summed E-state index contributed by atoms with van der Waals surface area (Å²) in [6.45, 7) is 6.56. The van der Waals surface area contributed by atoms with E-state index in [1.54, 1.807) is 0 Å². The van der Waals surface area contributed by atoms with Crippen molar-refractivity contribution in [1.29, 1.82) is 0 Å². The Morgan fingerprint density at radius 2 is 2.05 bits per heavy atom. The lowest BCUT2D eigenvalue weighted by Crippen LogP contribution is -2.68. The van der Waals surface area contributed by atoms with Crippen molar-refractivity contribution in [3.8, 4) is 0 Å². The molecule has 2 bridgehead atoms. The predicted octanol–water partition coefficient (Wildman–Crippen LogP) is 3.18. The molecule has 5 aliphatic rings. The molecule has 5 heteroatoms. The van der Waals surface area contributed by atoms with Crippen LogP contribution in [0.25, 0.3) is 0 Å². The lowest BCUT2D eigenvalue weighted by atomic mass is 9.60. The molecule has 4 unspecified atom stereocenters. The Hall–Kier alpha value is -0.650. The summed E-state index contributed by atoms with van der Waals surface area (Å²) in [6.07, 6.45) is 4.50. The maximum Gasteiger partial charge on any atom is 0.308 e. The van der Waals surface area contributed by atoms with Crippen LogP contribution in [-0.4, -0.2) is 23.6 Å². The largest absolute Gasteiger partial charge is 0.432 e. The van der Waals surface area contributed by atoms with Crippen molar-refractivity contribution in [3.63, 3.8) is 0 Å². The fourth-order valence-corrected chi connectivity index (χ4v) is 5.17. The van der Waals surface area contributed by atoms with Crippen LogP contribution in [-0.2, 0) is 24.0 Å². The highest BCUT2D eigenvalue weighted by molar-refractivity contribution is 5.71. The van der Waals surface area contributed by atoms with Crippen molar-refractivity contribution in [1.82, 2.24) is 0 Å². The van der Waals surface area contributed by atoms with Gasteiger partial charge in [0.15, 0.2) is 5.60 Å². The van der Waals surface area contributed by atoms with Gasteiger partial charge < -0.3 is 9.47 Å². The van der Waals surface area contributed by atoms with Gasteiger partial charge in [0, 0.05) is 24.7 Å². The van der Waals surface area contributed by atoms with Gasteiger partial charge in [0.05, 0.1) is 6.42 Å². The van der Waals surface area contributed by atoms with E-state index < -0.39 is 17.7 Å². The molecule has 1 aliphatic carbocycles. The monoisotopic (exact) mass is 310 g/mol. The molecule has 0 aromatic rings. The third kappa shape index (κ3) is 1.98. The van der Waals surface area contributed by atoms with Gasteiger partial charge in [-0.15, -0.1) is 0 Å². The smallest absolute Gasteiger partial charge is 0.308 e. The summed E-state index contributed by atoms with van der Waals surface area (Å²) in [5.41, 5.74) is -0.595. The standard InChI is InChI=1S/C17H26O5/c1-10(2)9-16-7-6-13-11(3)4-5-12-8-14(18)19-15(20-16)17(12,13)22-21-16/h10-13,15H,4-9H2,1-3H3/t11-,12?,13+,15?,16?,17?/m1/s1. The lowest BCUT2D eigenvalue weighted by Gasteiger charge is -2.56. The molecular formula is C17H26O5. The third-order valence-corrected chi connectivity index (χ3v) is 6.11. The minimum atomic E-state index is -0.761. The molecule has 0 aromatic heterocycles. The molecule has 5 rings (SSSR count). The molecule has 1 spiro atoms. The molecule has 4 aliphatic heterocycles. The average molecular weight is 310 g/mol. The van der Waals surface area contributed by atoms with Crippen LogP contribution >= 0.6 is 0 Å². The molecule has 0 radical (unpaired) electrons. The predicted molar refractivity (Wildman–Crippen MR) is 77.3 cm³/mol. The van der Waals surface area contributed by atoms with E-state index in [-0.39, 0.29) is 11.9 Å². The van der Waals surface area contributed by atoms with Gasteiger partial charge in [-0.25, -0.2) is 9.78 Å². The molecule has 5 nitrogen and oxygen atoms in total. The number of carbonyl (C=O) groups excluding carboxylic acids is 1. The van der Waals surface area contributed by atoms with Gasteiger partial charge in [0.2, 0.25) is 12.1 Å². The van der Waals surface area contributed by atoms with Crippen molar-refractivity contribution < 1.29 is 24.0 Å². The van der Waals surface area contributed by atoms with Gasteiger partial charge in [-0.3, -0.25) is 4.79 Å². The SMILES string of the molecule is CC(C)CC12CC[C@H]3[C@H](C)CCC4CC(=O)OC(O1)C43OO2. The molecule has 1 saturated carbocycles. The summed E-state index contributed by atoms with van der Waals surface area (Å²) in [4.78, 5) is 24.0. The normalized spacial score (nSPS) is 50.5. The van der Waals surface area contributed by atoms with Crippen LogP contribution in [0.3, 0.4) is 0 Å². The first-order valence-corrected chi connectivity index (χ1v) is 8.69. The van der Waals surface area contributed by atoms with Gasteiger partial charge >= 0.3 is 5.97 Å². The molecule has 0 aromatic carbocycles. The summed E-state index contributed by atoms with van der Waals surface area (Å²) in [6, 6.07) is 0. The second kappa shape index (κ2) is 4.92. The van der Waals surface area contributed by atoms with Crippen LogP contribution in [0.5, 0.6) is 0 Å². The zero-order chi connectivity index (χ0) is 15.5. The third-order valence-electron chi connectivity index (χ3n) is 6.11. The van der Waals surface area contributed by atoms with Crippen LogP contribution in [0, 0.1) is 23.7 Å². The highest BCUT2D eigenvalue weighted by atomic mass is 17.3. The molecule has 5 fully saturated rings. The van der Waals surface area contributed by atoms with E-state index in [0.29, 0.717) is 24.2 Å². The molecule has 6 atom stereocenters. The number of hydrogen-bond donors (Lipinski definition) is 0. The summed E-state index contributed by atoms with van der Waals surface area (Å²) in [7, 11) is 0. The Morgan fingerprint density at radius 3 is 2.82 bits per heavy atom. The maximum absolute atomic E-state index is 12.0. The van der Waals surface area contributed by atoms with E-state index >= 15 is 0 Å². The first-order chi connectivity index (χ1) is 10.5. The fraction of sp³-hybridized carbons (Fsp3) is 0.941. The average Bonchev–Trinajstić information content (AvgIpc) is 2.68. The van der Waals surface area contributed by atoms with E-state index in [4.69, 9.17) is 19.2 Å². The lowest BCUT2D eigenvalue weighted by molar-refractivity contribution is -0.562. The Morgan fingerprint density at radius 1 is 1.23 bits per heavy atom. The van der Waals surface area contributed by atoms with Crippen LogP contribution < -0.4 is 0 Å². The van der Waals surface area contributed by atoms with Crippen LogP contribution in [0.15, 0.2) is 0 Å². The van der Waals surface area contributed by atoms with Crippen molar-refractivity contribution in [2.24, 2.45) is 23.7 Å². The number of fused-ring (bicyclic) bond motifs is 2. The maximum atomic E-state index is 12.0. The van der Waals surface area contributed by atoms with E-state index in [1.165, 1.54) is 0 Å². The van der Waals surface area contributed by atoms with E-state index in [9.17, 15) is 4.79 Å². The van der Waals surface area contributed by atoms with Crippen LogP contribution in [0.1, 0.15) is 59.3 Å². The molecule has 4 saturated heterocycles. The van der Waals surface area contributed by atoms with Crippen molar-refractivity contribution in [2.45, 2.75) is 77.0 Å². The first kappa shape index (κ1) is 14.9. The molecule has 0 N–H and O–H groups in total. The van der Waals surface area contributed by atoms with Crippen molar-refractivity contribution in [2.75, 3.05) is 0 Å². The number of hydrogen-bond acceptors (Lipinski definition) is 5. The van der Waals surface area contributed by atoms with E-state index in [2.05, 4.69) is 20.8 Å². The molecule has 4 heterocycles. The minimum absolute atomic E-state index is 0.148. The fourth-order valence-electron chi connectivity index (χ4n) is 5.17. The zero-order valence-electron chi connectivity index (χ0n) is 13.7. The van der Waals surface area contributed by atoms with E-state index in [0.717, 1.165) is 32.1 Å². The number of rotatable bonds is 2. The van der Waals surface area contributed by atoms with E-state index in [1.807, 2.05) is 0 Å². The Bertz CT molecular complexity index is 474. The molecule has 124 valence electrons. The Labute approximate surface area is 131 Å². The first-order valence-electron chi connectivity index (χ1n) is 8.69. The van der Waals surface area contributed by atoms with Crippen LogP contribution in [0.4, 0.5) is 0 Å². The van der Waals surface area contributed by atoms with Gasteiger partial charge in [-0.1, -0.05) is 20.8 Å². The highest BCUT2D eigenvalue weighted by Crippen LogP contribution is 2.59. The minimum Gasteiger partial charge on any atom is -0.432 e. The number of esters is 1.